The maximum Gasteiger partial charge on any atom is 0.328 e. The number of nitrogens with one attached hydrogen (secondary N) is 1. The van der Waals surface area contributed by atoms with Gasteiger partial charge in [0.2, 0.25) is 0 Å². The minimum absolute atomic E-state index is 0.222. The lowest BCUT2D eigenvalue weighted by Gasteiger charge is -2.25. The second-order valence-electron chi connectivity index (χ2n) is 3.56. The molecule has 0 saturated carbocycles. The summed E-state index contributed by atoms with van der Waals surface area (Å²) in [5.41, 5.74) is 2.13. The summed E-state index contributed by atoms with van der Waals surface area (Å²) in [6.45, 7) is 0. The molecule has 0 radical (unpaired) electrons. The van der Waals surface area contributed by atoms with Gasteiger partial charge in [-0.15, -0.1) is 0 Å². The highest BCUT2D eigenvalue weighted by Gasteiger charge is 2.24. The topological polar surface area (TPSA) is 38.3 Å². The SMILES string of the molecule is COC(=O)[C@H]1CCc2ccc(Cl)cc2N1. The second kappa shape index (κ2) is 4.11. The highest BCUT2D eigenvalue weighted by atomic mass is 35.5. The first kappa shape index (κ1) is 10.3. The van der Waals surface area contributed by atoms with Crippen LogP contribution in [0.2, 0.25) is 5.02 Å². The molecule has 2 rings (SSSR count). The quantitative estimate of drug-likeness (QED) is 0.745. The highest BCUT2D eigenvalue weighted by molar-refractivity contribution is 6.30. The summed E-state index contributed by atoms with van der Waals surface area (Å²) in [6, 6.07) is 5.44. The summed E-state index contributed by atoms with van der Waals surface area (Å²) >= 11 is 5.88. The van der Waals surface area contributed by atoms with Crippen LogP contribution in [0.25, 0.3) is 0 Å². The van der Waals surface area contributed by atoms with Gasteiger partial charge in [-0.1, -0.05) is 17.7 Å². The molecule has 0 bridgehead atoms. The zero-order valence-corrected chi connectivity index (χ0v) is 9.17. The predicted octanol–water partition coefficient (Wildman–Crippen LogP) is 2.24. The van der Waals surface area contributed by atoms with Crippen LogP contribution < -0.4 is 5.32 Å². The lowest BCUT2D eigenvalue weighted by Crippen LogP contribution is -2.34. The number of halogens is 1. The van der Waals surface area contributed by atoms with Crippen molar-refractivity contribution < 1.29 is 9.53 Å². The van der Waals surface area contributed by atoms with Gasteiger partial charge < -0.3 is 10.1 Å². The molecule has 1 aliphatic heterocycles. The molecular formula is C11H12ClNO2. The van der Waals surface area contributed by atoms with Crippen LogP contribution in [-0.2, 0) is 16.0 Å². The maximum atomic E-state index is 11.3. The number of benzene rings is 1. The van der Waals surface area contributed by atoms with E-state index in [1.807, 2.05) is 18.2 Å². The molecular weight excluding hydrogens is 214 g/mol. The van der Waals surface area contributed by atoms with E-state index in [0.29, 0.717) is 5.02 Å². The van der Waals surface area contributed by atoms with E-state index in [9.17, 15) is 4.79 Å². The molecule has 15 heavy (non-hydrogen) atoms. The molecule has 3 nitrogen and oxygen atoms in total. The Morgan fingerprint density at radius 3 is 3.13 bits per heavy atom. The number of hydrogen-bond donors (Lipinski definition) is 1. The minimum atomic E-state index is -0.249. The maximum absolute atomic E-state index is 11.3. The van der Waals surface area contributed by atoms with Crippen molar-refractivity contribution in [2.45, 2.75) is 18.9 Å². The third-order valence-corrected chi connectivity index (χ3v) is 2.82. The molecule has 0 aliphatic carbocycles. The van der Waals surface area contributed by atoms with E-state index in [0.717, 1.165) is 18.5 Å². The average Bonchev–Trinajstić information content (AvgIpc) is 2.27. The largest absolute Gasteiger partial charge is 0.467 e. The van der Waals surface area contributed by atoms with E-state index >= 15 is 0 Å². The van der Waals surface area contributed by atoms with Crippen molar-refractivity contribution in [2.24, 2.45) is 0 Å². The molecule has 1 N–H and O–H groups in total. The van der Waals surface area contributed by atoms with Gasteiger partial charge in [0.25, 0.3) is 0 Å². The summed E-state index contributed by atoms with van der Waals surface area (Å²) in [7, 11) is 1.40. The molecule has 0 spiro atoms. The summed E-state index contributed by atoms with van der Waals surface area (Å²) < 4.78 is 4.70. The van der Waals surface area contributed by atoms with E-state index in [1.165, 1.54) is 12.7 Å². The van der Waals surface area contributed by atoms with Crippen LogP contribution >= 0.6 is 11.6 Å². The molecule has 1 aliphatic rings. The normalized spacial score (nSPS) is 18.9. The van der Waals surface area contributed by atoms with E-state index in [-0.39, 0.29) is 12.0 Å². The van der Waals surface area contributed by atoms with Crippen molar-refractivity contribution in [3.05, 3.63) is 28.8 Å². The van der Waals surface area contributed by atoms with Crippen LogP contribution in [0.4, 0.5) is 5.69 Å². The summed E-state index contributed by atoms with van der Waals surface area (Å²) in [6.07, 6.45) is 1.64. The van der Waals surface area contributed by atoms with E-state index in [2.05, 4.69) is 5.32 Å². The lowest BCUT2D eigenvalue weighted by molar-refractivity contribution is -0.141. The molecule has 1 aromatic carbocycles. The van der Waals surface area contributed by atoms with Crippen LogP contribution in [-0.4, -0.2) is 19.1 Å². The standard InChI is InChI=1S/C11H12ClNO2/c1-15-11(14)9-5-3-7-2-4-8(12)6-10(7)13-9/h2,4,6,9,13H,3,5H2,1H3/t9-/m1/s1. The fourth-order valence-corrected chi connectivity index (χ4v) is 1.95. The van der Waals surface area contributed by atoms with Crippen LogP contribution in [0, 0.1) is 0 Å². The smallest absolute Gasteiger partial charge is 0.328 e. The fraction of sp³-hybridized carbons (Fsp3) is 0.364. The third kappa shape index (κ3) is 2.07. The van der Waals surface area contributed by atoms with Gasteiger partial charge in [0.15, 0.2) is 0 Å². The number of esters is 1. The van der Waals surface area contributed by atoms with Crippen molar-refractivity contribution in [3.63, 3.8) is 0 Å². The summed E-state index contributed by atoms with van der Waals surface area (Å²) in [5, 5.41) is 3.80. The zero-order valence-electron chi connectivity index (χ0n) is 8.42. The first-order valence-corrected chi connectivity index (χ1v) is 5.21. The predicted molar refractivity (Wildman–Crippen MR) is 59.2 cm³/mol. The number of aryl methyl sites for hydroxylation is 1. The number of anilines is 1. The molecule has 0 aromatic heterocycles. The fourth-order valence-electron chi connectivity index (χ4n) is 1.78. The number of fused-ring (bicyclic) bond motifs is 1. The Morgan fingerprint density at radius 1 is 1.60 bits per heavy atom. The Kier molecular flexibility index (Phi) is 2.82. The van der Waals surface area contributed by atoms with Gasteiger partial charge in [0.05, 0.1) is 7.11 Å². The van der Waals surface area contributed by atoms with Gasteiger partial charge in [-0.05, 0) is 30.5 Å². The first-order valence-electron chi connectivity index (χ1n) is 4.83. The van der Waals surface area contributed by atoms with Crippen LogP contribution in [0.5, 0.6) is 0 Å². The van der Waals surface area contributed by atoms with Crippen LogP contribution in [0.3, 0.4) is 0 Å². The average molecular weight is 226 g/mol. The van der Waals surface area contributed by atoms with Crippen molar-refractivity contribution in [1.82, 2.24) is 0 Å². The molecule has 1 aromatic rings. The van der Waals surface area contributed by atoms with Crippen molar-refractivity contribution in [1.29, 1.82) is 0 Å². The minimum Gasteiger partial charge on any atom is -0.467 e. The van der Waals surface area contributed by atoms with Gasteiger partial charge in [-0.25, -0.2) is 4.79 Å². The summed E-state index contributed by atoms with van der Waals surface area (Å²) in [4.78, 5) is 11.3. The van der Waals surface area contributed by atoms with E-state index in [1.54, 1.807) is 0 Å². The van der Waals surface area contributed by atoms with Crippen LogP contribution in [0.1, 0.15) is 12.0 Å². The van der Waals surface area contributed by atoms with Gasteiger partial charge in [-0.2, -0.15) is 0 Å². The molecule has 4 heteroatoms. The van der Waals surface area contributed by atoms with Crippen molar-refractivity contribution in [2.75, 3.05) is 12.4 Å². The van der Waals surface area contributed by atoms with E-state index < -0.39 is 0 Å². The number of ether oxygens (including phenoxy) is 1. The monoisotopic (exact) mass is 225 g/mol. The number of methoxy groups -OCH3 is 1. The number of carbonyl (C=O) groups excluding carboxylic acids is 1. The molecule has 1 atom stereocenters. The first-order chi connectivity index (χ1) is 7.20. The van der Waals surface area contributed by atoms with Crippen molar-refractivity contribution in [3.8, 4) is 0 Å². The van der Waals surface area contributed by atoms with Gasteiger partial charge in [0.1, 0.15) is 6.04 Å². The molecule has 0 saturated heterocycles. The second-order valence-corrected chi connectivity index (χ2v) is 4.00. The third-order valence-electron chi connectivity index (χ3n) is 2.59. The molecule has 0 fully saturated rings. The number of hydrogen-bond acceptors (Lipinski definition) is 3. The Labute approximate surface area is 93.4 Å². The number of rotatable bonds is 1. The van der Waals surface area contributed by atoms with E-state index in [4.69, 9.17) is 16.3 Å². The zero-order chi connectivity index (χ0) is 10.8. The Morgan fingerprint density at radius 2 is 2.40 bits per heavy atom. The molecule has 1 heterocycles. The van der Waals surface area contributed by atoms with Crippen LogP contribution in [0.15, 0.2) is 18.2 Å². The lowest BCUT2D eigenvalue weighted by atomic mass is 9.98. The van der Waals surface area contributed by atoms with Gasteiger partial charge in [-0.3, -0.25) is 0 Å². The van der Waals surface area contributed by atoms with Crippen molar-refractivity contribution >= 4 is 23.3 Å². The highest BCUT2D eigenvalue weighted by Crippen LogP contribution is 2.27. The van der Waals surface area contributed by atoms with Gasteiger partial charge in [0, 0.05) is 10.7 Å². The Hall–Kier alpha value is -1.22. The molecule has 80 valence electrons. The summed E-state index contributed by atoms with van der Waals surface area (Å²) in [5.74, 6) is -0.222. The molecule has 0 unspecified atom stereocenters. The van der Waals surface area contributed by atoms with Gasteiger partial charge >= 0.3 is 5.97 Å². The Bertz CT molecular complexity index is 392. The molecule has 0 amide bonds. The Balaban J connectivity index is 2.22. The number of carbonyl (C=O) groups is 1.